The Hall–Kier alpha value is -2.30. The van der Waals surface area contributed by atoms with E-state index in [1.54, 1.807) is 49.9 Å². The second-order valence-electron chi connectivity index (χ2n) is 5.22. The highest BCUT2D eigenvalue weighted by Crippen LogP contribution is 2.29. The summed E-state index contributed by atoms with van der Waals surface area (Å²) in [5, 5.41) is 4.66. The molecule has 0 radical (unpaired) electrons. The van der Waals surface area contributed by atoms with Crippen molar-refractivity contribution in [2.45, 2.75) is 4.21 Å². The maximum atomic E-state index is 12.3. The number of hydrogen-bond acceptors (Lipinski definition) is 6. The van der Waals surface area contributed by atoms with Crippen LogP contribution in [-0.4, -0.2) is 53.0 Å². The monoisotopic (exact) mass is 398 g/mol. The zero-order valence-corrected chi connectivity index (χ0v) is 16.4. The molecule has 8 nitrogen and oxygen atoms in total. The van der Waals surface area contributed by atoms with E-state index in [2.05, 4.69) is 10.3 Å². The number of nitrogens with zero attached hydrogens (tertiary/aromatic N) is 2. The lowest BCUT2D eigenvalue weighted by Gasteiger charge is -2.15. The van der Waals surface area contributed by atoms with Gasteiger partial charge in [-0.15, -0.1) is 11.3 Å². The van der Waals surface area contributed by atoms with Crippen molar-refractivity contribution < 1.29 is 17.9 Å². The zero-order chi connectivity index (χ0) is 19.2. The summed E-state index contributed by atoms with van der Waals surface area (Å²) in [5.41, 5.74) is 6.54. The number of nitrogens with one attached hydrogen (secondary N) is 1. The average Bonchev–Trinajstić information content (AvgIpc) is 3.16. The molecule has 0 aliphatic heterocycles. The van der Waals surface area contributed by atoms with Gasteiger partial charge in [0.05, 0.1) is 20.8 Å². The maximum absolute atomic E-state index is 12.3. The van der Waals surface area contributed by atoms with Crippen LogP contribution in [0.5, 0.6) is 11.5 Å². The number of hydrogen-bond donors (Lipinski definition) is 2. The van der Waals surface area contributed by atoms with E-state index < -0.39 is 10.0 Å². The molecule has 0 aliphatic rings. The number of rotatable bonds is 8. The number of benzene rings is 1. The van der Waals surface area contributed by atoms with Crippen LogP contribution >= 0.6 is 11.3 Å². The number of methoxy groups -OCH3 is 2. The summed E-state index contributed by atoms with van der Waals surface area (Å²) in [6.07, 6.45) is 0. The van der Waals surface area contributed by atoms with Gasteiger partial charge in [0, 0.05) is 25.3 Å². The molecule has 3 N–H and O–H groups in total. The Morgan fingerprint density at radius 1 is 1.27 bits per heavy atom. The number of aliphatic imine (C=N–C) groups is 1. The van der Waals surface area contributed by atoms with Gasteiger partial charge in [0.1, 0.15) is 4.21 Å². The van der Waals surface area contributed by atoms with E-state index >= 15 is 0 Å². The first-order chi connectivity index (χ1) is 12.4. The maximum Gasteiger partial charge on any atom is 0.252 e. The fourth-order valence-electron chi connectivity index (χ4n) is 2.10. The van der Waals surface area contributed by atoms with E-state index in [4.69, 9.17) is 15.2 Å². The highest BCUT2D eigenvalue weighted by molar-refractivity contribution is 7.91. The van der Waals surface area contributed by atoms with Gasteiger partial charge in [-0.25, -0.2) is 8.42 Å². The minimum absolute atomic E-state index is 0.180. The van der Waals surface area contributed by atoms with Crippen LogP contribution in [0, 0.1) is 0 Å². The summed E-state index contributed by atoms with van der Waals surface area (Å²) in [5.74, 6) is 1.35. The van der Waals surface area contributed by atoms with Crippen molar-refractivity contribution in [2.75, 3.05) is 39.7 Å². The number of likely N-dealkylation sites (N-methyl/N-ethyl adjacent to an activating group) is 1. The van der Waals surface area contributed by atoms with Gasteiger partial charge >= 0.3 is 0 Å². The van der Waals surface area contributed by atoms with E-state index in [9.17, 15) is 8.42 Å². The Bertz CT molecular complexity index is 851. The third-order valence-corrected chi connectivity index (χ3v) is 6.74. The van der Waals surface area contributed by atoms with Crippen LogP contribution in [0.4, 0.5) is 5.69 Å². The molecule has 2 rings (SSSR count). The van der Waals surface area contributed by atoms with E-state index in [0.717, 1.165) is 0 Å². The molecule has 0 saturated carbocycles. The summed E-state index contributed by atoms with van der Waals surface area (Å²) in [7, 11) is 1.14. The third kappa shape index (κ3) is 4.87. The minimum atomic E-state index is -3.48. The van der Waals surface area contributed by atoms with Crippen LogP contribution in [-0.2, 0) is 10.0 Å². The molecule has 0 saturated heterocycles. The Balaban J connectivity index is 1.94. The van der Waals surface area contributed by atoms with E-state index in [1.165, 1.54) is 22.7 Å². The van der Waals surface area contributed by atoms with Crippen molar-refractivity contribution >= 4 is 33.0 Å². The minimum Gasteiger partial charge on any atom is -0.493 e. The third-order valence-electron chi connectivity index (χ3n) is 3.51. The van der Waals surface area contributed by atoms with Gasteiger partial charge in [0.2, 0.25) is 0 Å². The Kier molecular flexibility index (Phi) is 6.83. The summed E-state index contributed by atoms with van der Waals surface area (Å²) in [6.45, 7) is 0.446. The Morgan fingerprint density at radius 3 is 2.62 bits per heavy atom. The van der Waals surface area contributed by atoms with Gasteiger partial charge < -0.3 is 20.5 Å². The van der Waals surface area contributed by atoms with Crippen LogP contribution in [0.3, 0.4) is 0 Å². The largest absolute Gasteiger partial charge is 0.493 e. The van der Waals surface area contributed by atoms with Crippen LogP contribution in [0.1, 0.15) is 0 Å². The SMILES string of the molecule is COc1ccc(NC(N)=NCCN(C)S(=O)(=O)c2cccs2)cc1OC. The fraction of sp³-hybridized carbons (Fsp3) is 0.312. The summed E-state index contributed by atoms with van der Waals surface area (Å²) in [4.78, 5) is 4.16. The van der Waals surface area contributed by atoms with Crippen LogP contribution in [0.15, 0.2) is 44.9 Å². The number of sulfonamides is 1. The first kappa shape index (κ1) is 20.0. The van der Waals surface area contributed by atoms with Crippen molar-refractivity contribution in [3.05, 3.63) is 35.7 Å². The highest BCUT2D eigenvalue weighted by Gasteiger charge is 2.21. The molecule has 0 aliphatic carbocycles. The second-order valence-corrected chi connectivity index (χ2v) is 8.44. The Morgan fingerprint density at radius 2 is 2.00 bits per heavy atom. The molecule has 1 aromatic heterocycles. The van der Waals surface area contributed by atoms with Gasteiger partial charge in [-0.1, -0.05) is 6.07 Å². The molecule has 0 atom stereocenters. The topological polar surface area (TPSA) is 106 Å². The quantitative estimate of drug-likeness (QED) is 0.519. The van der Waals surface area contributed by atoms with Gasteiger partial charge in [-0.3, -0.25) is 4.99 Å². The molecule has 26 heavy (non-hydrogen) atoms. The summed E-state index contributed by atoms with van der Waals surface area (Å²) >= 11 is 1.18. The second kappa shape index (κ2) is 8.88. The molecule has 1 aromatic carbocycles. The fourth-order valence-corrected chi connectivity index (χ4v) is 4.46. The van der Waals surface area contributed by atoms with Gasteiger partial charge in [0.15, 0.2) is 17.5 Å². The number of ether oxygens (including phenoxy) is 2. The predicted octanol–water partition coefficient (Wildman–Crippen LogP) is 1.81. The number of anilines is 1. The molecule has 0 fully saturated rings. The number of guanidine groups is 1. The van der Waals surface area contributed by atoms with Gasteiger partial charge in [0.25, 0.3) is 10.0 Å². The molecule has 0 unspecified atom stereocenters. The van der Waals surface area contributed by atoms with Crippen LogP contribution < -0.4 is 20.5 Å². The van der Waals surface area contributed by atoms with Crippen molar-refractivity contribution in [3.63, 3.8) is 0 Å². The molecule has 10 heteroatoms. The lowest BCUT2D eigenvalue weighted by molar-refractivity contribution is 0.355. The van der Waals surface area contributed by atoms with Crippen LogP contribution in [0.2, 0.25) is 0 Å². The Labute approximate surface area is 157 Å². The van der Waals surface area contributed by atoms with E-state index in [0.29, 0.717) is 21.4 Å². The first-order valence-corrected chi connectivity index (χ1v) is 9.99. The first-order valence-electron chi connectivity index (χ1n) is 7.67. The lowest BCUT2D eigenvalue weighted by Crippen LogP contribution is -2.30. The summed E-state index contributed by atoms with van der Waals surface area (Å²) < 4.78 is 36.6. The average molecular weight is 399 g/mol. The van der Waals surface area contributed by atoms with Crippen molar-refractivity contribution in [1.29, 1.82) is 0 Å². The molecule has 0 spiro atoms. The van der Waals surface area contributed by atoms with E-state index in [-0.39, 0.29) is 19.0 Å². The molecular formula is C16H22N4O4S2. The standard InChI is InChI=1S/C16H22N4O4S2/c1-20(26(21,22)15-5-4-10-25-15)9-8-18-16(17)19-12-6-7-13(23-2)14(11-12)24-3/h4-7,10-11H,8-9H2,1-3H3,(H3,17,18,19). The molecular weight excluding hydrogens is 376 g/mol. The van der Waals surface area contributed by atoms with Crippen molar-refractivity contribution in [3.8, 4) is 11.5 Å². The molecule has 0 bridgehead atoms. The van der Waals surface area contributed by atoms with Gasteiger partial charge in [-0.2, -0.15) is 4.31 Å². The number of nitrogens with two attached hydrogens (primary N) is 1. The lowest BCUT2D eigenvalue weighted by atomic mass is 10.3. The predicted molar refractivity (Wildman–Crippen MR) is 104 cm³/mol. The molecule has 1 heterocycles. The summed E-state index contributed by atoms with van der Waals surface area (Å²) in [6, 6.07) is 8.53. The molecule has 2 aromatic rings. The van der Waals surface area contributed by atoms with Crippen molar-refractivity contribution in [2.24, 2.45) is 10.7 Å². The molecule has 0 amide bonds. The van der Waals surface area contributed by atoms with Gasteiger partial charge in [-0.05, 0) is 23.6 Å². The molecule has 142 valence electrons. The highest BCUT2D eigenvalue weighted by atomic mass is 32.2. The van der Waals surface area contributed by atoms with Crippen LogP contribution in [0.25, 0.3) is 0 Å². The normalized spacial score (nSPS) is 12.2. The van der Waals surface area contributed by atoms with E-state index in [1.807, 2.05) is 0 Å². The zero-order valence-electron chi connectivity index (χ0n) is 14.8. The smallest absolute Gasteiger partial charge is 0.252 e. The van der Waals surface area contributed by atoms with Crippen molar-refractivity contribution in [1.82, 2.24) is 4.31 Å². The number of thiophene rings is 1.